The van der Waals surface area contributed by atoms with Crippen molar-refractivity contribution in [3.8, 4) is 11.5 Å². The third-order valence-corrected chi connectivity index (χ3v) is 8.13. The van der Waals surface area contributed by atoms with Crippen molar-refractivity contribution in [3.05, 3.63) is 118 Å². The van der Waals surface area contributed by atoms with E-state index in [9.17, 15) is 13.2 Å². The van der Waals surface area contributed by atoms with Gasteiger partial charge in [-0.3, -0.25) is 9.10 Å². The van der Waals surface area contributed by atoms with Crippen molar-refractivity contribution in [1.29, 1.82) is 0 Å². The first-order valence-corrected chi connectivity index (χ1v) is 14.0. The molecule has 206 valence electrons. The quantitative estimate of drug-likeness (QED) is 0.189. The molecular weight excluding hydrogens is 550 g/mol. The Morgan fingerprint density at radius 1 is 0.950 bits per heavy atom. The van der Waals surface area contributed by atoms with E-state index in [2.05, 4.69) is 10.5 Å². The molecule has 0 atom stereocenters. The summed E-state index contributed by atoms with van der Waals surface area (Å²) in [5.74, 6) is 0.617. The van der Waals surface area contributed by atoms with Crippen LogP contribution in [0.2, 0.25) is 5.02 Å². The van der Waals surface area contributed by atoms with Crippen LogP contribution < -0.4 is 19.2 Å². The number of methoxy groups -OCH3 is 2. The lowest BCUT2D eigenvalue weighted by atomic mass is 10.1. The lowest BCUT2D eigenvalue weighted by Crippen LogP contribution is -2.31. The summed E-state index contributed by atoms with van der Waals surface area (Å²) in [4.78, 5) is 12.9. The monoisotopic (exact) mass is 577 g/mol. The van der Waals surface area contributed by atoms with Crippen LogP contribution in [0, 0.1) is 6.92 Å². The Morgan fingerprint density at radius 3 is 2.35 bits per heavy atom. The highest BCUT2D eigenvalue weighted by molar-refractivity contribution is 7.92. The van der Waals surface area contributed by atoms with Crippen molar-refractivity contribution in [3.63, 3.8) is 0 Å². The van der Waals surface area contributed by atoms with Crippen LogP contribution in [0.15, 0.2) is 101 Å². The smallest absolute Gasteiger partial charge is 0.271 e. The molecule has 0 saturated heterocycles. The summed E-state index contributed by atoms with van der Waals surface area (Å²) in [6.45, 7) is 1.86. The van der Waals surface area contributed by atoms with Gasteiger partial charge in [-0.25, -0.2) is 13.8 Å². The Morgan fingerprint density at radius 2 is 1.68 bits per heavy atom. The van der Waals surface area contributed by atoms with Crippen molar-refractivity contribution in [2.45, 2.75) is 18.4 Å². The molecule has 0 aliphatic heterocycles. The van der Waals surface area contributed by atoms with Crippen LogP contribution in [-0.2, 0) is 16.6 Å². The van der Waals surface area contributed by atoms with Gasteiger partial charge >= 0.3 is 0 Å². The lowest BCUT2D eigenvalue weighted by molar-refractivity contribution is 0.0955. The van der Waals surface area contributed by atoms with Gasteiger partial charge in [0.2, 0.25) is 0 Å². The summed E-state index contributed by atoms with van der Waals surface area (Å²) in [6, 6.07) is 25.3. The maximum atomic E-state index is 13.7. The second kappa shape index (κ2) is 12.7. The van der Waals surface area contributed by atoms with Crippen LogP contribution in [0.3, 0.4) is 0 Å². The zero-order valence-electron chi connectivity index (χ0n) is 22.2. The Labute approximate surface area is 238 Å². The topological polar surface area (TPSA) is 97.3 Å². The number of nitrogens with one attached hydrogen (secondary N) is 1. The fraction of sp³-hybridized carbons (Fsp3) is 0.133. The molecule has 1 N–H and O–H groups in total. The Bertz CT molecular complexity index is 1630. The fourth-order valence-electron chi connectivity index (χ4n) is 4.04. The number of aryl methyl sites for hydroxylation is 1. The summed E-state index contributed by atoms with van der Waals surface area (Å²) in [5, 5.41) is 4.46. The molecule has 8 nitrogen and oxygen atoms in total. The zero-order chi connectivity index (χ0) is 28.7. The first-order valence-electron chi connectivity index (χ1n) is 12.2. The number of hydrogen-bond donors (Lipinski definition) is 1. The van der Waals surface area contributed by atoms with Gasteiger partial charge in [0.1, 0.15) is 0 Å². The maximum absolute atomic E-state index is 13.7. The van der Waals surface area contributed by atoms with Crippen molar-refractivity contribution < 1.29 is 22.7 Å². The normalized spacial score (nSPS) is 11.3. The number of rotatable bonds is 10. The average molecular weight is 578 g/mol. The number of nitrogens with zero attached hydrogens (tertiary/aromatic N) is 2. The number of carbonyl (C=O) groups excluding carboxylic acids is 1. The molecule has 0 fully saturated rings. The van der Waals surface area contributed by atoms with E-state index in [4.69, 9.17) is 21.1 Å². The van der Waals surface area contributed by atoms with E-state index in [0.717, 1.165) is 5.56 Å². The van der Waals surface area contributed by atoms with Gasteiger partial charge in [-0.2, -0.15) is 5.10 Å². The molecule has 0 bridgehead atoms. The second-order valence-corrected chi connectivity index (χ2v) is 11.0. The molecule has 40 heavy (non-hydrogen) atoms. The number of anilines is 1. The van der Waals surface area contributed by atoms with Gasteiger partial charge in [-0.1, -0.05) is 54.1 Å². The van der Waals surface area contributed by atoms with Crippen LogP contribution >= 0.6 is 11.6 Å². The summed E-state index contributed by atoms with van der Waals surface area (Å²) in [5.41, 5.74) is 5.39. The van der Waals surface area contributed by atoms with Crippen LogP contribution in [0.5, 0.6) is 11.5 Å². The average Bonchev–Trinajstić information content (AvgIpc) is 2.97. The Hall–Kier alpha value is -4.34. The summed E-state index contributed by atoms with van der Waals surface area (Å²) >= 11 is 6.24. The summed E-state index contributed by atoms with van der Waals surface area (Å²) in [6.07, 6.45) is 1.47. The van der Waals surface area contributed by atoms with E-state index < -0.39 is 15.9 Å². The number of ether oxygens (including phenoxy) is 2. The number of amides is 1. The van der Waals surface area contributed by atoms with Gasteiger partial charge in [-0.05, 0) is 66.6 Å². The predicted molar refractivity (Wildman–Crippen MR) is 157 cm³/mol. The van der Waals surface area contributed by atoms with Gasteiger partial charge in [0.15, 0.2) is 11.5 Å². The number of benzene rings is 4. The van der Waals surface area contributed by atoms with Crippen molar-refractivity contribution in [2.24, 2.45) is 5.10 Å². The summed E-state index contributed by atoms with van der Waals surface area (Å²) in [7, 11) is -0.849. The minimum absolute atomic E-state index is 0.0358. The molecule has 0 spiro atoms. The molecule has 4 aromatic rings. The summed E-state index contributed by atoms with van der Waals surface area (Å²) < 4.78 is 39.3. The molecule has 0 unspecified atom stereocenters. The fourth-order valence-corrected chi connectivity index (χ4v) is 5.73. The molecule has 10 heteroatoms. The first kappa shape index (κ1) is 28.7. The van der Waals surface area contributed by atoms with E-state index in [1.807, 2.05) is 6.92 Å². The highest BCUT2D eigenvalue weighted by Gasteiger charge is 2.26. The minimum Gasteiger partial charge on any atom is -0.493 e. The molecule has 4 rings (SSSR count). The van der Waals surface area contributed by atoms with Gasteiger partial charge in [0.25, 0.3) is 15.9 Å². The lowest BCUT2D eigenvalue weighted by Gasteiger charge is -2.26. The number of carbonyl (C=O) groups is 1. The minimum atomic E-state index is -3.91. The first-order chi connectivity index (χ1) is 19.2. The molecular formula is C30H28ClN3O5S. The number of hydrazone groups is 1. The van der Waals surface area contributed by atoms with Gasteiger partial charge in [0.05, 0.1) is 37.6 Å². The number of halogens is 1. The van der Waals surface area contributed by atoms with Crippen molar-refractivity contribution in [1.82, 2.24) is 5.43 Å². The largest absolute Gasteiger partial charge is 0.493 e. The van der Waals surface area contributed by atoms with Crippen molar-refractivity contribution >= 4 is 39.4 Å². The van der Waals surface area contributed by atoms with Gasteiger partial charge in [-0.15, -0.1) is 0 Å². The third-order valence-electron chi connectivity index (χ3n) is 6.12. The third kappa shape index (κ3) is 6.44. The van der Waals surface area contributed by atoms with Gasteiger partial charge < -0.3 is 9.47 Å². The highest BCUT2D eigenvalue weighted by Crippen LogP contribution is 2.31. The van der Waals surface area contributed by atoms with E-state index in [1.165, 1.54) is 24.7 Å². The van der Waals surface area contributed by atoms with Crippen LogP contribution in [0.1, 0.15) is 27.0 Å². The molecule has 0 radical (unpaired) electrons. The van der Waals surface area contributed by atoms with Gasteiger partial charge in [0, 0.05) is 16.1 Å². The van der Waals surface area contributed by atoms with Crippen LogP contribution in [0.4, 0.5) is 5.69 Å². The zero-order valence-corrected chi connectivity index (χ0v) is 23.7. The van der Waals surface area contributed by atoms with E-state index in [-0.39, 0.29) is 11.4 Å². The Kier molecular flexibility index (Phi) is 9.08. The standard InChI is InChI=1S/C30H28ClN3O5S/c1-21-12-17-25(31)18-27(21)34(40(36,37)26-9-5-4-6-10-26)20-22-13-15-23(16-14-22)30(35)33-32-19-24-8-7-11-28(38-2)29(24)39-3/h4-19H,20H2,1-3H3,(H,33,35)/b32-19-. The SMILES string of the molecule is COc1cccc(/C=N\NC(=O)c2ccc(CN(c3cc(Cl)ccc3C)S(=O)(=O)c3ccccc3)cc2)c1OC. The van der Waals surface area contributed by atoms with E-state index >= 15 is 0 Å². The second-order valence-electron chi connectivity index (χ2n) is 8.73. The molecule has 1 amide bonds. The number of para-hydroxylation sites is 1. The van der Waals surface area contributed by atoms with Crippen LogP contribution in [-0.4, -0.2) is 34.8 Å². The van der Waals surface area contributed by atoms with Crippen molar-refractivity contribution in [2.75, 3.05) is 18.5 Å². The molecule has 0 saturated carbocycles. The molecule has 0 aliphatic carbocycles. The van der Waals surface area contributed by atoms with E-state index in [0.29, 0.717) is 38.9 Å². The molecule has 0 aliphatic rings. The highest BCUT2D eigenvalue weighted by atomic mass is 35.5. The molecule has 0 aromatic heterocycles. The molecule has 4 aromatic carbocycles. The Balaban J connectivity index is 1.55. The maximum Gasteiger partial charge on any atom is 0.271 e. The predicted octanol–water partition coefficient (Wildman–Crippen LogP) is 5.83. The molecule has 0 heterocycles. The van der Waals surface area contributed by atoms with Crippen LogP contribution in [0.25, 0.3) is 0 Å². The number of sulfonamides is 1. The number of hydrogen-bond acceptors (Lipinski definition) is 6. The van der Waals surface area contributed by atoms with E-state index in [1.54, 1.807) is 91.0 Å².